The van der Waals surface area contributed by atoms with Crippen LogP contribution in [0.5, 0.6) is 11.5 Å². The van der Waals surface area contributed by atoms with Gasteiger partial charge in [0.1, 0.15) is 9.71 Å². The number of nitrogens with zero attached hydrogens (tertiary/aromatic N) is 2. The molecule has 0 saturated carbocycles. The van der Waals surface area contributed by atoms with Gasteiger partial charge in [0.05, 0.1) is 11.3 Å². The number of carbonyl (C=O) groups excluding carboxylic acids is 2. The van der Waals surface area contributed by atoms with E-state index in [4.69, 9.17) is 15.2 Å². The van der Waals surface area contributed by atoms with Crippen LogP contribution in [0.4, 0.5) is 24.5 Å². The molecular weight excluding hydrogens is 461 g/mol. The second-order valence-electron chi connectivity index (χ2n) is 7.65. The van der Waals surface area contributed by atoms with E-state index in [-0.39, 0.29) is 64.2 Å². The Morgan fingerprint density at radius 1 is 1.24 bits per heavy atom. The molecule has 2 amide bonds. The van der Waals surface area contributed by atoms with E-state index in [1.165, 1.54) is 11.8 Å². The molecule has 0 radical (unpaired) electrons. The Morgan fingerprint density at radius 2 is 2.00 bits per heavy atom. The SMILES string of the molecule is CC(=O)N1CCc2nc3sc(C(=O)Nc4ccc5c(c4)OCO5)c(N)c3c(C(F)(F)F)c2C1. The molecule has 8 nitrogen and oxygen atoms in total. The monoisotopic (exact) mass is 478 g/mol. The zero-order valence-corrected chi connectivity index (χ0v) is 18.0. The molecule has 0 unspecified atom stereocenters. The average Bonchev–Trinajstić information content (AvgIpc) is 3.34. The zero-order chi connectivity index (χ0) is 23.5. The van der Waals surface area contributed by atoms with Crippen LogP contribution in [0, 0.1) is 0 Å². The minimum absolute atomic E-state index is 0.0330. The predicted octanol–water partition coefficient (Wildman–Crippen LogP) is 3.78. The van der Waals surface area contributed by atoms with Gasteiger partial charge in [-0.25, -0.2) is 4.98 Å². The summed E-state index contributed by atoms with van der Waals surface area (Å²) in [5.74, 6) is -0.0128. The van der Waals surface area contributed by atoms with Crippen molar-refractivity contribution in [1.82, 2.24) is 9.88 Å². The van der Waals surface area contributed by atoms with Gasteiger partial charge in [-0.2, -0.15) is 13.2 Å². The standard InChI is InChI=1S/C21H17F3N4O4S/c1-9(29)28-5-4-12-11(7-28)16(21(22,23)24)15-17(25)18(33-20(15)27-12)19(30)26-10-2-3-13-14(6-10)32-8-31-13/h2-3,6H,4-5,7-8,25H2,1H3,(H,26,30). The number of halogens is 3. The first-order valence-electron chi connectivity index (χ1n) is 9.91. The number of alkyl halides is 3. The first kappa shape index (κ1) is 21.3. The Bertz CT molecular complexity index is 1320. The first-order chi connectivity index (χ1) is 15.6. The van der Waals surface area contributed by atoms with Crippen molar-refractivity contribution >= 4 is 44.7 Å². The number of benzene rings is 1. The lowest BCUT2D eigenvalue weighted by Crippen LogP contribution is -2.36. The molecule has 0 bridgehead atoms. The van der Waals surface area contributed by atoms with Crippen LogP contribution in [-0.4, -0.2) is 35.0 Å². The summed E-state index contributed by atoms with van der Waals surface area (Å²) in [6.45, 7) is 1.43. The van der Waals surface area contributed by atoms with Gasteiger partial charge < -0.3 is 25.4 Å². The topological polar surface area (TPSA) is 107 Å². The summed E-state index contributed by atoms with van der Waals surface area (Å²) in [5.41, 5.74) is 5.41. The van der Waals surface area contributed by atoms with Gasteiger partial charge in [0, 0.05) is 54.8 Å². The van der Waals surface area contributed by atoms with E-state index in [2.05, 4.69) is 10.3 Å². The highest BCUT2D eigenvalue weighted by molar-refractivity contribution is 7.21. The molecule has 0 aliphatic carbocycles. The molecule has 1 aromatic carbocycles. The van der Waals surface area contributed by atoms with Crippen molar-refractivity contribution in [3.05, 3.63) is 39.9 Å². The van der Waals surface area contributed by atoms with Crippen LogP contribution in [0.3, 0.4) is 0 Å². The molecule has 2 aliphatic rings. The number of amides is 2. The summed E-state index contributed by atoms with van der Waals surface area (Å²) in [6, 6.07) is 4.76. The summed E-state index contributed by atoms with van der Waals surface area (Å²) in [4.78, 5) is 30.4. The number of hydrogen-bond donors (Lipinski definition) is 2. The lowest BCUT2D eigenvalue weighted by atomic mass is 9.96. The highest BCUT2D eigenvalue weighted by atomic mass is 32.1. The number of nitrogens with two attached hydrogens (primary N) is 1. The maximum atomic E-state index is 14.2. The van der Waals surface area contributed by atoms with Crippen LogP contribution in [0.2, 0.25) is 0 Å². The van der Waals surface area contributed by atoms with Gasteiger partial charge >= 0.3 is 6.18 Å². The molecule has 2 aliphatic heterocycles. The van der Waals surface area contributed by atoms with Crippen molar-refractivity contribution < 1.29 is 32.2 Å². The number of rotatable bonds is 2. The maximum absolute atomic E-state index is 14.2. The molecule has 3 aromatic rings. The van der Waals surface area contributed by atoms with E-state index >= 15 is 0 Å². The molecule has 33 heavy (non-hydrogen) atoms. The molecule has 5 rings (SSSR count). The zero-order valence-electron chi connectivity index (χ0n) is 17.2. The van der Waals surface area contributed by atoms with Crippen LogP contribution in [0.15, 0.2) is 18.2 Å². The normalized spacial score (nSPS) is 15.0. The number of fused-ring (bicyclic) bond motifs is 3. The average molecular weight is 478 g/mol. The van der Waals surface area contributed by atoms with E-state index < -0.39 is 17.6 Å². The number of carbonyl (C=O) groups is 2. The molecule has 0 spiro atoms. The van der Waals surface area contributed by atoms with E-state index in [1.807, 2.05) is 0 Å². The lowest BCUT2D eigenvalue weighted by Gasteiger charge is -2.29. The van der Waals surface area contributed by atoms with E-state index in [9.17, 15) is 22.8 Å². The first-order valence-corrected chi connectivity index (χ1v) is 10.7. The van der Waals surface area contributed by atoms with Crippen molar-refractivity contribution in [3.63, 3.8) is 0 Å². The Balaban J connectivity index is 1.58. The fourth-order valence-electron chi connectivity index (χ4n) is 4.04. The Labute approximate surface area is 189 Å². The van der Waals surface area contributed by atoms with Gasteiger partial charge in [0.15, 0.2) is 11.5 Å². The van der Waals surface area contributed by atoms with Crippen molar-refractivity contribution in [2.75, 3.05) is 24.4 Å². The summed E-state index contributed by atoms with van der Waals surface area (Å²) in [5, 5.41) is 2.32. The largest absolute Gasteiger partial charge is 0.454 e. The van der Waals surface area contributed by atoms with E-state index in [1.54, 1.807) is 18.2 Å². The summed E-state index contributed by atoms with van der Waals surface area (Å²) in [7, 11) is 0. The third-order valence-electron chi connectivity index (χ3n) is 5.60. The van der Waals surface area contributed by atoms with Gasteiger partial charge in [-0.1, -0.05) is 0 Å². The Hall–Kier alpha value is -3.54. The number of anilines is 2. The smallest absolute Gasteiger partial charge is 0.417 e. The summed E-state index contributed by atoms with van der Waals surface area (Å²) in [6.07, 6.45) is -4.56. The van der Waals surface area contributed by atoms with E-state index in [0.717, 1.165) is 11.3 Å². The number of thiophene rings is 1. The predicted molar refractivity (Wildman–Crippen MR) is 114 cm³/mol. The highest BCUT2D eigenvalue weighted by Crippen LogP contribution is 2.45. The number of hydrogen-bond acceptors (Lipinski definition) is 7. The highest BCUT2D eigenvalue weighted by Gasteiger charge is 2.41. The van der Waals surface area contributed by atoms with Crippen molar-refractivity contribution in [3.8, 4) is 11.5 Å². The fourth-order valence-corrected chi connectivity index (χ4v) is 5.06. The third-order valence-corrected chi connectivity index (χ3v) is 6.69. The maximum Gasteiger partial charge on any atom is 0.417 e. The minimum atomic E-state index is -4.74. The lowest BCUT2D eigenvalue weighted by molar-refractivity contribution is -0.138. The Kier molecular flexibility index (Phi) is 4.85. The second kappa shape index (κ2) is 7.51. The molecule has 0 fully saturated rings. The molecule has 172 valence electrons. The Morgan fingerprint density at radius 3 is 2.73 bits per heavy atom. The third kappa shape index (κ3) is 3.59. The van der Waals surface area contributed by atoms with Crippen molar-refractivity contribution in [1.29, 1.82) is 0 Å². The molecular formula is C21H17F3N4O4S. The molecule has 4 heterocycles. The summed E-state index contributed by atoms with van der Waals surface area (Å²) < 4.78 is 53.1. The molecule has 2 aromatic heterocycles. The van der Waals surface area contributed by atoms with Gasteiger partial charge in [-0.05, 0) is 12.1 Å². The van der Waals surface area contributed by atoms with Crippen LogP contribution in [0.1, 0.15) is 33.4 Å². The number of pyridine rings is 1. The number of ether oxygens (including phenoxy) is 2. The second-order valence-corrected chi connectivity index (χ2v) is 8.65. The van der Waals surface area contributed by atoms with Gasteiger partial charge in [0.2, 0.25) is 12.7 Å². The molecule has 12 heteroatoms. The number of nitrogens with one attached hydrogen (secondary N) is 1. The molecule has 0 saturated heterocycles. The van der Waals surface area contributed by atoms with Crippen molar-refractivity contribution in [2.24, 2.45) is 0 Å². The van der Waals surface area contributed by atoms with Gasteiger partial charge in [-0.3, -0.25) is 9.59 Å². The molecule has 0 atom stereocenters. The van der Waals surface area contributed by atoms with Gasteiger partial charge in [-0.15, -0.1) is 11.3 Å². The molecule has 3 N–H and O–H groups in total. The van der Waals surface area contributed by atoms with Crippen LogP contribution < -0.4 is 20.5 Å². The van der Waals surface area contributed by atoms with Crippen LogP contribution in [-0.2, 0) is 23.9 Å². The number of nitrogen functional groups attached to an aromatic ring is 1. The van der Waals surface area contributed by atoms with Crippen LogP contribution >= 0.6 is 11.3 Å². The van der Waals surface area contributed by atoms with Gasteiger partial charge in [0.25, 0.3) is 5.91 Å². The van der Waals surface area contributed by atoms with Crippen molar-refractivity contribution in [2.45, 2.75) is 26.1 Å². The minimum Gasteiger partial charge on any atom is -0.454 e. The quantitative estimate of drug-likeness (QED) is 0.581. The van der Waals surface area contributed by atoms with Crippen LogP contribution in [0.25, 0.3) is 10.2 Å². The number of aromatic nitrogens is 1. The summed E-state index contributed by atoms with van der Waals surface area (Å²) >= 11 is 0.802. The van der Waals surface area contributed by atoms with E-state index in [0.29, 0.717) is 17.2 Å². The fraction of sp³-hybridized carbons (Fsp3) is 0.286.